The molecule has 0 amide bonds. The summed E-state index contributed by atoms with van der Waals surface area (Å²) in [5.41, 5.74) is 2.46. The first-order valence-electron chi connectivity index (χ1n) is 9.69. The Hall–Kier alpha value is -3.05. The molecule has 0 spiro atoms. The molecule has 1 aliphatic rings. The molecule has 0 unspecified atom stereocenters. The maximum absolute atomic E-state index is 13.1. The van der Waals surface area contributed by atoms with E-state index in [-0.39, 0.29) is 5.56 Å². The van der Waals surface area contributed by atoms with E-state index in [2.05, 4.69) is 31.3 Å². The standard InChI is InChI=1S/C21H19BrN4O5S/c1-3-32-21-24-20(29)18-13-9-12(22)5-6-14(13)23-19(26(18)25-21)11-4-7-15(16(8-11)30-2)31-10-17(27)28/h4-9,19H,3,10H2,1-2H3,(H2,24,25,27,28,29)/p+1/t19-/m1/s1. The Morgan fingerprint density at radius 3 is 2.81 bits per heavy atom. The zero-order valence-electron chi connectivity index (χ0n) is 17.2. The number of rotatable bonds is 7. The second-order valence-electron chi connectivity index (χ2n) is 6.81. The molecule has 0 saturated heterocycles. The second kappa shape index (κ2) is 9.21. The average Bonchev–Trinajstić information content (AvgIpc) is 2.77. The number of carbonyl (C=O) groups is 1. The van der Waals surface area contributed by atoms with Crippen molar-refractivity contribution in [1.82, 2.24) is 10.1 Å². The first-order valence-corrected chi connectivity index (χ1v) is 11.5. The number of aliphatic carboxylic acids is 1. The van der Waals surface area contributed by atoms with Crippen molar-refractivity contribution in [3.05, 3.63) is 56.8 Å². The van der Waals surface area contributed by atoms with Crippen LogP contribution in [-0.2, 0) is 4.79 Å². The number of anilines is 1. The fourth-order valence-corrected chi connectivity index (χ4v) is 4.40. The normalized spacial score (nSPS) is 14.2. The van der Waals surface area contributed by atoms with Gasteiger partial charge in [-0.3, -0.25) is 9.78 Å². The van der Waals surface area contributed by atoms with Crippen LogP contribution in [0.4, 0.5) is 5.69 Å². The SMILES string of the molecule is CCSc1n[n+]2c(c(=O)[nH]1)-c1cc(Br)ccc1N[C@H]2c1ccc(OCC(=O)O)c(OC)c1. The van der Waals surface area contributed by atoms with Crippen LogP contribution >= 0.6 is 27.7 Å². The minimum Gasteiger partial charge on any atom is -0.493 e. The van der Waals surface area contributed by atoms with Crippen molar-refractivity contribution in [3.8, 4) is 22.8 Å². The number of hydrogen-bond acceptors (Lipinski definition) is 7. The first-order chi connectivity index (χ1) is 15.4. The zero-order valence-corrected chi connectivity index (χ0v) is 19.6. The molecule has 3 aromatic rings. The van der Waals surface area contributed by atoms with Crippen molar-refractivity contribution in [2.24, 2.45) is 0 Å². The highest BCUT2D eigenvalue weighted by Gasteiger charge is 2.38. The summed E-state index contributed by atoms with van der Waals surface area (Å²) in [7, 11) is 1.48. The first kappa shape index (κ1) is 22.2. The summed E-state index contributed by atoms with van der Waals surface area (Å²) in [6, 6.07) is 10.8. The van der Waals surface area contributed by atoms with Crippen LogP contribution in [0.1, 0.15) is 18.7 Å². The van der Waals surface area contributed by atoms with Gasteiger partial charge in [0.2, 0.25) is 5.16 Å². The molecule has 0 bridgehead atoms. The number of hydrogen-bond donors (Lipinski definition) is 3. The third-order valence-electron chi connectivity index (χ3n) is 4.77. The Balaban J connectivity index is 1.85. The van der Waals surface area contributed by atoms with Crippen LogP contribution < -0.4 is 25.0 Å². The maximum atomic E-state index is 13.1. The number of nitrogens with one attached hydrogen (secondary N) is 2. The van der Waals surface area contributed by atoms with Crippen LogP contribution in [0.5, 0.6) is 11.5 Å². The molecule has 0 saturated carbocycles. The van der Waals surface area contributed by atoms with E-state index in [1.54, 1.807) is 22.9 Å². The van der Waals surface area contributed by atoms with Gasteiger partial charge in [0.25, 0.3) is 6.17 Å². The largest absolute Gasteiger partial charge is 0.493 e. The molecule has 166 valence electrons. The van der Waals surface area contributed by atoms with Crippen LogP contribution in [0.3, 0.4) is 0 Å². The highest BCUT2D eigenvalue weighted by Crippen LogP contribution is 2.36. The summed E-state index contributed by atoms with van der Waals surface area (Å²) >= 11 is 4.91. The molecule has 2 aromatic carbocycles. The Morgan fingerprint density at radius 1 is 1.28 bits per heavy atom. The van der Waals surface area contributed by atoms with Crippen LogP contribution in [-0.4, -0.2) is 40.6 Å². The van der Waals surface area contributed by atoms with Crippen molar-refractivity contribution in [1.29, 1.82) is 0 Å². The summed E-state index contributed by atoms with van der Waals surface area (Å²) in [5, 5.41) is 17.5. The third kappa shape index (κ3) is 4.30. The zero-order chi connectivity index (χ0) is 22.8. The van der Waals surface area contributed by atoms with Gasteiger partial charge in [0.1, 0.15) is 0 Å². The van der Waals surface area contributed by atoms with Gasteiger partial charge in [-0.15, -0.1) is 0 Å². The molecule has 4 rings (SSSR count). The lowest BCUT2D eigenvalue weighted by atomic mass is 10.0. The molecular weight excluding hydrogens is 500 g/mol. The number of thioether (sulfide) groups is 1. The number of carboxylic acid groups (broad SMARTS) is 1. The molecule has 0 aliphatic carbocycles. The van der Waals surface area contributed by atoms with Crippen LogP contribution in [0.15, 0.2) is 50.8 Å². The smallest absolute Gasteiger partial charge is 0.341 e. The van der Waals surface area contributed by atoms with Crippen molar-refractivity contribution in [3.63, 3.8) is 0 Å². The fraction of sp³-hybridized carbons (Fsp3) is 0.238. The summed E-state index contributed by atoms with van der Waals surface area (Å²) in [5.74, 6) is 0.362. The van der Waals surface area contributed by atoms with Gasteiger partial charge in [-0.25, -0.2) is 4.79 Å². The number of benzene rings is 2. The number of nitrogens with zero attached hydrogens (tertiary/aromatic N) is 2. The number of methoxy groups -OCH3 is 1. The van der Waals surface area contributed by atoms with Gasteiger partial charge in [-0.2, -0.15) is 0 Å². The van der Waals surface area contributed by atoms with Gasteiger partial charge >= 0.3 is 17.2 Å². The number of H-pyrrole nitrogens is 1. The van der Waals surface area contributed by atoms with Crippen LogP contribution in [0, 0.1) is 0 Å². The Bertz CT molecular complexity index is 1250. The van der Waals surface area contributed by atoms with E-state index < -0.39 is 18.7 Å². The van der Waals surface area contributed by atoms with E-state index in [4.69, 9.17) is 14.6 Å². The highest BCUT2D eigenvalue weighted by atomic mass is 79.9. The number of aromatic amines is 1. The van der Waals surface area contributed by atoms with E-state index in [1.807, 2.05) is 25.1 Å². The molecule has 0 fully saturated rings. The number of halogens is 1. The van der Waals surface area contributed by atoms with Gasteiger partial charge in [0, 0.05) is 15.1 Å². The molecule has 1 aromatic heterocycles. The molecule has 1 aliphatic heterocycles. The quantitative estimate of drug-likeness (QED) is 0.322. The molecule has 32 heavy (non-hydrogen) atoms. The maximum Gasteiger partial charge on any atom is 0.341 e. The van der Waals surface area contributed by atoms with Crippen molar-refractivity contribution < 1.29 is 24.1 Å². The molecule has 11 heteroatoms. The number of ether oxygens (including phenoxy) is 2. The Kier molecular flexibility index (Phi) is 6.38. The van der Waals surface area contributed by atoms with E-state index in [1.165, 1.54) is 18.9 Å². The lowest BCUT2D eigenvalue weighted by Crippen LogP contribution is -2.55. The summed E-state index contributed by atoms with van der Waals surface area (Å²) < 4.78 is 13.2. The topological polar surface area (TPSA) is 117 Å². The van der Waals surface area contributed by atoms with E-state index in [9.17, 15) is 9.59 Å². The van der Waals surface area contributed by atoms with Gasteiger partial charge < -0.3 is 19.9 Å². The van der Waals surface area contributed by atoms with Crippen molar-refractivity contribution in [2.45, 2.75) is 18.2 Å². The van der Waals surface area contributed by atoms with E-state index in [0.29, 0.717) is 22.3 Å². The Labute approximate surface area is 195 Å². The molecule has 2 heterocycles. The van der Waals surface area contributed by atoms with Crippen molar-refractivity contribution >= 4 is 39.3 Å². The van der Waals surface area contributed by atoms with Gasteiger partial charge in [0.15, 0.2) is 18.1 Å². The van der Waals surface area contributed by atoms with Crippen LogP contribution in [0.25, 0.3) is 11.3 Å². The third-order valence-corrected chi connectivity index (χ3v) is 6.01. The molecular formula is C21H20BrN4O5S+. The Morgan fingerprint density at radius 2 is 2.09 bits per heavy atom. The average molecular weight is 520 g/mol. The number of aromatic nitrogens is 3. The van der Waals surface area contributed by atoms with E-state index >= 15 is 0 Å². The fourth-order valence-electron chi connectivity index (χ4n) is 3.45. The molecule has 3 N–H and O–H groups in total. The highest BCUT2D eigenvalue weighted by molar-refractivity contribution is 9.10. The molecule has 0 radical (unpaired) electrons. The summed E-state index contributed by atoms with van der Waals surface area (Å²) in [4.78, 5) is 26.8. The van der Waals surface area contributed by atoms with Crippen molar-refractivity contribution in [2.75, 3.05) is 24.8 Å². The lowest BCUT2D eigenvalue weighted by Gasteiger charge is -2.23. The summed E-state index contributed by atoms with van der Waals surface area (Å²) in [6.07, 6.45) is -0.500. The van der Waals surface area contributed by atoms with Gasteiger partial charge in [-0.1, -0.05) is 34.6 Å². The predicted octanol–water partition coefficient (Wildman–Crippen LogP) is 3.04. The van der Waals surface area contributed by atoms with Crippen LogP contribution in [0.2, 0.25) is 0 Å². The van der Waals surface area contributed by atoms with Gasteiger partial charge in [-0.05, 0) is 46.8 Å². The minimum atomic E-state index is -1.08. The number of carboxylic acids is 1. The monoisotopic (exact) mass is 519 g/mol. The second-order valence-corrected chi connectivity index (χ2v) is 8.98. The van der Waals surface area contributed by atoms with Gasteiger partial charge in [0.05, 0.1) is 18.4 Å². The lowest BCUT2D eigenvalue weighted by molar-refractivity contribution is -0.759. The predicted molar refractivity (Wildman–Crippen MR) is 122 cm³/mol. The minimum absolute atomic E-state index is 0.241. The van der Waals surface area contributed by atoms with E-state index in [0.717, 1.165) is 27.0 Å². The molecule has 9 nitrogen and oxygen atoms in total. The summed E-state index contributed by atoms with van der Waals surface area (Å²) in [6.45, 7) is 1.50. The number of fused-ring (bicyclic) bond motifs is 3. The molecule has 1 atom stereocenters.